The maximum Gasteiger partial charge on any atom is 0.219 e. The average molecular weight is 196 g/mol. The van der Waals surface area contributed by atoms with Gasteiger partial charge in [-0.3, -0.25) is 4.79 Å². The van der Waals surface area contributed by atoms with E-state index in [0.29, 0.717) is 6.54 Å². The lowest BCUT2D eigenvalue weighted by Gasteiger charge is -2.07. The van der Waals surface area contributed by atoms with Crippen LogP contribution in [0.2, 0.25) is 0 Å². The van der Waals surface area contributed by atoms with Gasteiger partial charge in [0.2, 0.25) is 5.91 Å². The quantitative estimate of drug-likeness (QED) is 0.765. The van der Waals surface area contributed by atoms with Crippen molar-refractivity contribution in [1.82, 2.24) is 0 Å². The van der Waals surface area contributed by atoms with Crippen LogP contribution >= 0.6 is 0 Å². The van der Waals surface area contributed by atoms with Crippen molar-refractivity contribution in [1.29, 1.82) is 0 Å². The second-order valence-electron chi connectivity index (χ2n) is 3.10. The third-order valence-electron chi connectivity index (χ3n) is 1.88. The van der Waals surface area contributed by atoms with E-state index in [9.17, 15) is 9.18 Å². The van der Waals surface area contributed by atoms with Crippen LogP contribution in [0.3, 0.4) is 0 Å². The van der Waals surface area contributed by atoms with Crippen molar-refractivity contribution in [3.8, 4) is 0 Å². The molecule has 1 rings (SSSR count). The van der Waals surface area contributed by atoms with Gasteiger partial charge in [0.25, 0.3) is 0 Å². The first-order valence-corrected chi connectivity index (χ1v) is 4.38. The van der Waals surface area contributed by atoms with Crippen molar-refractivity contribution in [2.45, 2.75) is 13.3 Å². The number of carbonyl (C=O) groups is 1. The highest BCUT2D eigenvalue weighted by Crippen LogP contribution is 2.15. The number of primary amides is 1. The summed E-state index contributed by atoms with van der Waals surface area (Å²) in [7, 11) is 0. The Balaban J connectivity index is 2.55. The van der Waals surface area contributed by atoms with E-state index in [1.165, 1.54) is 12.1 Å². The van der Waals surface area contributed by atoms with Gasteiger partial charge in [-0.25, -0.2) is 4.39 Å². The number of nitrogens with one attached hydrogen (secondary N) is 1. The normalized spacial score (nSPS) is 9.86. The fourth-order valence-corrected chi connectivity index (χ4v) is 1.15. The monoisotopic (exact) mass is 196 g/mol. The molecular weight excluding hydrogens is 183 g/mol. The molecule has 1 amide bonds. The molecule has 0 saturated carbocycles. The molecule has 0 aliphatic rings. The summed E-state index contributed by atoms with van der Waals surface area (Å²) < 4.78 is 12.7. The third kappa shape index (κ3) is 3.05. The number of hydrogen-bond donors (Lipinski definition) is 2. The van der Waals surface area contributed by atoms with E-state index in [2.05, 4.69) is 5.32 Å². The Bertz CT molecular complexity index is 339. The van der Waals surface area contributed by atoms with Crippen molar-refractivity contribution in [3.63, 3.8) is 0 Å². The average Bonchev–Trinajstić information content (AvgIpc) is 2.08. The number of hydrogen-bond acceptors (Lipinski definition) is 2. The number of anilines is 1. The van der Waals surface area contributed by atoms with Crippen LogP contribution in [0.15, 0.2) is 18.2 Å². The molecule has 1 aromatic rings. The lowest BCUT2D eigenvalue weighted by atomic mass is 10.2. The van der Waals surface area contributed by atoms with Gasteiger partial charge < -0.3 is 11.1 Å². The van der Waals surface area contributed by atoms with E-state index in [0.717, 1.165) is 11.3 Å². The first-order valence-electron chi connectivity index (χ1n) is 4.38. The molecule has 0 heterocycles. The van der Waals surface area contributed by atoms with Crippen molar-refractivity contribution >= 4 is 11.6 Å². The molecule has 0 saturated heterocycles. The Labute approximate surface area is 82.1 Å². The Morgan fingerprint density at radius 1 is 1.57 bits per heavy atom. The predicted molar refractivity (Wildman–Crippen MR) is 53.4 cm³/mol. The van der Waals surface area contributed by atoms with Crippen molar-refractivity contribution in [3.05, 3.63) is 29.6 Å². The van der Waals surface area contributed by atoms with Gasteiger partial charge in [-0.1, -0.05) is 0 Å². The molecule has 0 bridgehead atoms. The predicted octanol–water partition coefficient (Wildman–Crippen LogP) is 1.42. The molecule has 0 aromatic heterocycles. The zero-order valence-corrected chi connectivity index (χ0v) is 8.01. The highest BCUT2D eigenvalue weighted by molar-refractivity contribution is 5.74. The zero-order chi connectivity index (χ0) is 10.6. The molecule has 0 fully saturated rings. The second-order valence-corrected chi connectivity index (χ2v) is 3.10. The van der Waals surface area contributed by atoms with Gasteiger partial charge in [-0.05, 0) is 30.7 Å². The summed E-state index contributed by atoms with van der Waals surface area (Å²) in [5.41, 5.74) is 6.62. The maximum atomic E-state index is 12.7. The number of nitrogens with two attached hydrogens (primary N) is 1. The first-order chi connectivity index (χ1) is 6.59. The van der Waals surface area contributed by atoms with Gasteiger partial charge in [0, 0.05) is 18.7 Å². The topological polar surface area (TPSA) is 55.1 Å². The Kier molecular flexibility index (Phi) is 3.45. The van der Waals surface area contributed by atoms with Crippen LogP contribution < -0.4 is 11.1 Å². The minimum Gasteiger partial charge on any atom is -0.384 e. The molecule has 0 aliphatic heterocycles. The third-order valence-corrected chi connectivity index (χ3v) is 1.88. The minimum absolute atomic E-state index is 0.261. The number of halogens is 1. The van der Waals surface area contributed by atoms with E-state index < -0.39 is 0 Å². The number of carbonyl (C=O) groups excluding carboxylic acids is 1. The van der Waals surface area contributed by atoms with Crippen molar-refractivity contribution in [2.24, 2.45) is 5.73 Å². The van der Waals surface area contributed by atoms with Crippen LogP contribution in [0.1, 0.15) is 12.0 Å². The van der Waals surface area contributed by atoms with Crippen LogP contribution in [0.25, 0.3) is 0 Å². The first kappa shape index (κ1) is 10.5. The standard InChI is InChI=1S/C10H13FN2O/c1-7-6-8(11)2-3-9(7)13-5-4-10(12)14/h2-3,6,13H,4-5H2,1H3,(H2,12,14). The highest BCUT2D eigenvalue weighted by atomic mass is 19.1. The molecule has 0 atom stereocenters. The van der Waals surface area contributed by atoms with Crippen molar-refractivity contribution in [2.75, 3.05) is 11.9 Å². The molecule has 14 heavy (non-hydrogen) atoms. The molecule has 0 spiro atoms. The molecule has 4 heteroatoms. The number of aryl methyl sites for hydroxylation is 1. The Morgan fingerprint density at radius 2 is 2.29 bits per heavy atom. The SMILES string of the molecule is Cc1cc(F)ccc1NCCC(N)=O. The molecule has 3 N–H and O–H groups in total. The smallest absolute Gasteiger partial charge is 0.219 e. The largest absolute Gasteiger partial charge is 0.384 e. The van der Waals surface area contributed by atoms with Crippen LogP contribution in [0.5, 0.6) is 0 Å². The highest BCUT2D eigenvalue weighted by Gasteiger charge is 1.99. The summed E-state index contributed by atoms with van der Waals surface area (Å²) in [4.78, 5) is 10.5. The van der Waals surface area contributed by atoms with Gasteiger partial charge in [-0.15, -0.1) is 0 Å². The summed E-state index contributed by atoms with van der Waals surface area (Å²) in [6.45, 7) is 2.28. The van der Waals surface area contributed by atoms with Crippen molar-refractivity contribution < 1.29 is 9.18 Å². The molecule has 0 radical (unpaired) electrons. The molecule has 3 nitrogen and oxygen atoms in total. The summed E-state index contributed by atoms with van der Waals surface area (Å²) in [5.74, 6) is -0.611. The zero-order valence-electron chi connectivity index (χ0n) is 8.01. The van der Waals surface area contributed by atoms with Gasteiger partial charge in [0.15, 0.2) is 0 Å². The summed E-state index contributed by atoms with van der Waals surface area (Å²) >= 11 is 0. The number of benzene rings is 1. The molecule has 1 aromatic carbocycles. The Hall–Kier alpha value is -1.58. The lowest BCUT2D eigenvalue weighted by molar-refractivity contribution is -0.117. The summed E-state index contributed by atoms with van der Waals surface area (Å²) in [6, 6.07) is 4.46. The fourth-order valence-electron chi connectivity index (χ4n) is 1.15. The molecule has 0 unspecified atom stereocenters. The number of amides is 1. The van der Waals surface area contributed by atoms with Gasteiger partial charge in [0.1, 0.15) is 5.82 Å². The van der Waals surface area contributed by atoms with Gasteiger partial charge >= 0.3 is 0 Å². The van der Waals surface area contributed by atoms with Crippen LogP contribution in [0.4, 0.5) is 10.1 Å². The summed E-state index contributed by atoms with van der Waals surface area (Å²) in [6.07, 6.45) is 0.275. The number of rotatable bonds is 4. The summed E-state index contributed by atoms with van der Waals surface area (Å²) in [5, 5.41) is 3.00. The fraction of sp³-hybridized carbons (Fsp3) is 0.300. The second kappa shape index (κ2) is 4.60. The molecule has 0 aliphatic carbocycles. The van der Waals surface area contributed by atoms with E-state index >= 15 is 0 Å². The maximum absolute atomic E-state index is 12.7. The lowest BCUT2D eigenvalue weighted by Crippen LogP contribution is -2.16. The van der Waals surface area contributed by atoms with Crippen LogP contribution in [0, 0.1) is 12.7 Å². The Morgan fingerprint density at radius 3 is 2.86 bits per heavy atom. The van der Waals surface area contributed by atoms with E-state index in [1.807, 2.05) is 0 Å². The van der Waals surface area contributed by atoms with Crippen LogP contribution in [-0.4, -0.2) is 12.5 Å². The van der Waals surface area contributed by atoms with Crippen LogP contribution in [-0.2, 0) is 4.79 Å². The molecule has 76 valence electrons. The minimum atomic E-state index is -0.350. The van der Waals surface area contributed by atoms with E-state index in [4.69, 9.17) is 5.73 Å². The molecular formula is C10H13FN2O. The van der Waals surface area contributed by atoms with E-state index in [1.54, 1.807) is 13.0 Å². The van der Waals surface area contributed by atoms with Gasteiger partial charge in [-0.2, -0.15) is 0 Å². The van der Waals surface area contributed by atoms with Gasteiger partial charge in [0.05, 0.1) is 0 Å². The van der Waals surface area contributed by atoms with E-state index in [-0.39, 0.29) is 18.1 Å².